The summed E-state index contributed by atoms with van der Waals surface area (Å²) in [7, 11) is 1.55. The first kappa shape index (κ1) is 22.2. The van der Waals surface area contributed by atoms with Crippen LogP contribution in [0.25, 0.3) is 0 Å². The number of pyridine rings is 1. The Morgan fingerprint density at radius 1 is 1.34 bits per heavy atom. The van der Waals surface area contributed by atoms with Gasteiger partial charge in [-0.05, 0) is 37.1 Å². The summed E-state index contributed by atoms with van der Waals surface area (Å²) < 4.78 is 25.1. The quantitative estimate of drug-likeness (QED) is 0.516. The second kappa shape index (κ2) is 11.0. The number of nitrogens with two attached hydrogens (primary N) is 1. The standard InChI is InChI=1S/C22H26FN3O3/c1-4-5-6-7-8-12-29-19-11-9-10-17(20(19)23)26-22(27)16-13-15(2)18(14-28-3)25-21(16)24/h9-11,13H,4-6,12,14H2,1-3H3,(H2,24,25)(H,26,27). The summed E-state index contributed by atoms with van der Waals surface area (Å²) in [6, 6.07) is 6.13. The van der Waals surface area contributed by atoms with Gasteiger partial charge in [0.25, 0.3) is 5.91 Å². The minimum Gasteiger partial charge on any atom is -0.478 e. The van der Waals surface area contributed by atoms with Gasteiger partial charge in [-0.25, -0.2) is 9.37 Å². The van der Waals surface area contributed by atoms with Crippen molar-refractivity contribution in [1.29, 1.82) is 0 Å². The lowest BCUT2D eigenvalue weighted by molar-refractivity contribution is 0.102. The van der Waals surface area contributed by atoms with Crippen LogP contribution in [0.4, 0.5) is 15.9 Å². The van der Waals surface area contributed by atoms with E-state index in [1.807, 2.05) is 0 Å². The minimum atomic E-state index is -0.671. The van der Waals surface area contributed by atoms with Crippen molar-refractivity contribution in [2.75, 3.05) is 24.8 Å². The normalized spacial score (nSPS) is 10.2. The molecule has 29 heavy (non-hydrogen) atoms. The molecule has 1 aromatic carbocycles. The smallest absolute Gasteiger partial charge is 0.259 e. The van der Waals surface area contributed by atoms with E-state index >= 15 is 0 Å². The summed E-state index contributed by atoms with van der Waals surface area (Å²) >= 11 is 0. The Morgan fingerprint density at radius 2 is 2.14 bits per heavy atom. The zero-order valence-electron chi connectivity index (χ0n) is 17.0. The van der Waals surface area contributed by atoms with E-state index in [0.717, 1.165) is 24.8 Å². The van der Waals surface area contributed by atoms with Crippen LogP contribution < -0.4 is 15.8 Å². The summed E-state index contributed by atoms with van der Waals surface area (Å²) in [5.74, 6) is 4.66. The number of benzene rings is 1. The molecule has 0 spiro atoms. The molecule has 0 aliphatic carbocycles. The molecule has 0 unspecified atom stereocenters. The summed E-state index contributed by atoms with van der Waals surface area (Å²) in [6.45, 7) is 4.25. The maximum Gasteiger partial charge on any atom is 0.259 e. The zero-order valence-corrected chi connectivity index (χ0v) is 17.0. The summed E-state index contributed by atoms with van der Waals surface area (Å²) in [5.41, 5.74) is 7.45. The van der Waals surface area contributed by atoms with Crippen molar-refractivity contribution in [3.05, 3.63) is 46.9 Å². The summed E-state index contributed by atoms with van der Waals surface area (Å²) in [6.07, 6.45) is 2.88. The molecular weight excluding hydrogens is 373 g/mol. The lowest BCUT2D eigenvalue weighted by Gasteiger charge is -2.12. The van der Waals surface area contributed by atoms with E-state index in [4.69, 9.17) is 15.2 Å². The van der Waals surface area contributed by atoms with Crippen LogP contribution in [0.1, 0.15) is 47.8 Å². The molecule has 0 aliphatic heterocycles. The molecule has 0 saturated heterocycles. The third kappa shape index (κ3) is 6.19. The van der Waals surface area contributed by atoms with Crippen molar-refractivity contribution in [3.8, 4) is 17.6 Å². The average molecular weight is 399 g/mol. The van der Waals surface area contributed by atoms with Crippen molar-refractivity contribution in [1.82, 2.24) is 4.98 Å². The van der Waals surface area contributed by atoms with Gasteiger partial charge in [0.2, 0.25) is 0 Å². The van der Waals surface area contributed by atoms with E-state index in [-0.39, 0.29) is 36.0 Å². The summed E-state index contributed by atoms with van der Waals surface area (Å²) in [4.78, 5) is 16.8. The fourth-order valence-electron chi connectivity index (χ4n) is 2.56. The van der Waals surface area contributed by atoms with Crippen molar-refractivity contribution >= 4 is 17.4 Å². The highest BCUT2D eigenvalue weighted by Crippen LogP contribution is 2.25. The number of unbranched alkanes of at least 4 members (excludes halogenated alkanes) is 2. The van der Waals surface area contributed by atoms with Crippen LogP contribution in [0.5, 0.6) is 5.75 Å². The van der Waals surface area contributed by atoms with E-state index in [0.29, 0.717) is 5.69 Å². The van der Waals surface area contributed by atoms with Crippen molar-refractivity contribution in [3.63, 3.8) is 0 Å². The molecule has 7 heteroatoms. The number of halogens is 1. The number of aromatic nitrogens is 1. The molecule has 0 radical (unpaired) electrons. The first-order chi connectivity index (χ1) is 14.0. The number of rotatable bonds is 8. The number of anilines is 2. The van der Waals surface area contributed by atoms with E-state index in [2.05, 4.69) is 29.1 Å². The van der Waals surface area contributed by atoms with Gasteiger partial charge >= 0.3 is 0 Å². The van der Waals surface area contributed by atoms with Gasteiger partial charge in [0, 0.05) is 13.5 Å². The van der Waals surface area contributed by atoms with Crippen LogP contribution in [0.2, 0.25) is 0 Å². The number of carbonyl (C=O) groups is 1. The Labute approximate surface area is 170 Å². The molecule has 1 aromatic heterocycles. The second-order valence-electron chi connectivity index (χ2n) is 6.44. The minimum absolute atomic E-state index is 0.00976. The van der Waals surface area contributed by atoms with Crippen LogP contribution in [-0.4, -0.2) is 24.6 Å². The Balaban J connectivity index is 2.11. The predicted molar refractivity (Wildman–Crippen MR) is 111 cm³/mol. The first-order valence-electron chi connectivity index (χ1n) is 9.41. The molecule has 2 rings (SSSR count). The molecule has 154 valence electrons. The number of hydrogen-bond acceptors (Lipinski definition) is 5. The van der Waals surface area contributed by atoms with Gasteiger partial charge in [-0.15, -0.1) is 0 Å². The lowest BCUT2D eigenvalue weighted by atomic mass is 10.1. The predicted octanol–water partition coefficient (Wildman–Crippen LogP) is 4.08. The number of nitrogen functional groups attached to an aromatic ring is 1. The molecule has 2 aromatic rings. The number of methoxy groups -OCH3 is 1. The Morgan fingerprint density at radius 3 is 2.86 bits per heavy atom. The van der Waals surface area contributed by atoms with E-state index in [9.17, 15) is 9.18 Å². The molecule has 1 amide bonds. The number of nitrogens with zero attached hydrogens (tertiary/aromatic N) is 1. The van der Waals surface area contributed by atoms with Gasteiger partial charge < -0.3 is 20.5 Å². The number of nitrogens with one attached hydrogen (secondary N) is 1. The largest absolute Gasteiger partial charge is 0.478 e. The molecule has 3 N–H and O–H groups in total. The number of hydrogen-bond donors (Lipinski definition) is 2. The maximum absolute atomic E-state index is 14.7. The van der Waals surface area contributed by atoms with E-state index in [1.165, 1.54) is 12.1 Å². The first-order valence-corrected chi connectivity index (χ1v) is 9.41. The van der Waals surface area contributed by atoms with Gasteiger partial charge in [0.1, 0.15) is 12.4 Å². The highest BCUT2D eigenvalue weighted by atomic mass is 19.1. The average Bonchev–Trinajstić information content (AvgIpc) is 2.69. The van der Waals surface area contributed by atoms with E-state index < -0.39 is 11.7 Å². The summed E-state index contributed by atoms with van der Waals surface area (Å²) in [5, 5.41) is 2.52. The SMILES string of the molecule is CCCCC#CCOc1cccc(NC(=O)c2cc(C)c(COC)nc2N)c1F. The number of ether oxygens (including phenoxy) is 2. The van der Waals surface area contributed by atoms with Gasteiger partial charge in [-0.3, -0.25) is 4.79 Å². The highest BCUT2D eigenvalue weighted by molar-refractivity contribution is 6.07. The molecule has 0 saturated carbocycles. The Kier molecular flexibility index (Phi) is 8.44. The Bertz CT molecular complexity index is 919. The van der Waals surface area contributed by atoms with Crippen LogP contribution in [0, 0.1) is 24.6 Å². The van der Waals surface area contributed by atoms with Crippen LogP contribution >= 0.6 is 0 Å². The van der Waals surface area contributed by atoms with Crippen LogP contribution in [0.15, 0.2) is 24.3 Å². The van der Waals surface area contributed by atoms with E-state index in [1.54, 1.807) is 26.2 Å². The number of aryl methyl sites for hydroxylation is 1. The van der Waals surface area contributed by atoms with Gasteiger partial charge in [0.15, 0.2) is 11.6 Å². The molecule has 0 bridgehead atoms. The van der Waals surface area contributed by atoms with Crippen LogP contribution in [-0.2, 0) is 11.3 Å². The van der Waals surface area contributed by atoms with Gasteiger partial charge in [-0.1, -0.05) is 31.3 Å². The monoisotopic (exact) mass is 399 g/mol. The molecule has 0 atom stereocenters. The van der Waals surface area contributed by atoms with Crippen molar-refractivity contribution < 1.29 is 18.7 Å². The Hall–Kier alpha value is -3.11. The number of carbonyl (C=O) groups excluding carboxylic acids is 1. The zero-order chi connectivity index (χ0) is 21.2. The lowest BCUT2D eigenvalue weighted by Crippen LogP contribution is -2.17. The van der Waals surface area contributed by atoms with Crippen LogP contribution in [0.3, 0.4) is 0 Å². The van der Waals surface area contributed by atoms with Crippen molar-refractivity contribution in [2.24, 2.45) is 0 Å². The molecule has 0 aliphatic rings. The molecule has 6 nitrogen and oxygen atoms in total. The fourth-order valence-corrected chi connectivity index (χ4v) is 2.56. The van der Waals surface area contributed by atoms with Gasteiger partial charge in [-0.2, -0.15) is 0 Å². The fraction of sp³-hybridized carbons (Fsp3) is 0.364. The topological polar surface area (TPSA) is 86.5 Å². The van der Waals surface area contributed by atoms with Crippen molar-refractivity contribution in [2.45, 2.75) is 39.7 Å². The highest BCUT2D eigenvalue weighted by Gasteiger charge is 2.17. The second-order valence-corrected chi connectivity index (χ2v) is 6.44. The molecule has 0 fully saturated rings. The van der Waals surface area contributed by atoms with Gasteiger partial charge in [0.05, 0.1) is 23.6 Å². The molecule has 1 heterocycles. The molecular formula is C22H26FN3O3. The third-order valence-electron chi connectivity index (χ3n) is 4.16. The third-order valence-corrected chi connectivity index (χ3v) is 4.16. The maximum atomic E-state index is 14.7. The number of amides is 1.